The topological polar surface area (TPSA) is 102 Å². The number of halogens is 3. The molecule has 3 aromatic heterocycles. The van der Waals surface area contributed by atoms with Crippen LogP contribution in [0.1, 0.15) is 47.6 Å². The van der Waals surface area contributed by atoms with E-state index in [9.17, 15) is 22.8 Å². The number of hydrogen-bond acceptors (Lipinski definition) is 6. The number of rotatable bonds is 7. The van der Waals surface area contributed by atoms with Crippen LogP contribution in [-0.2, 0) is 11.0 Å². The number of pyridine rings is 1. The van der Waals surface area contributed by atoms with Gasteiger partial charge in [-0.05, 0) is 50.1 Å². The number of aromatic nitrogens is 4. The van der Waals surface area contributed by atoms with Crippen LogP contribution in [0.25, 0.3) is 16.8 Å². The molecule has 0 bridgehead atoms. The van der Waals surface area contributed by atoms with Gasteiger partial charge in [0.2, 0.25) is 11.8 Å². The molecule has 0 spiro atoms. The molecule has 0 radical (unpaired) electrons. The van der Waals surface area contributed by atoms with Crippen molar-refractivity contribution in [2.45, 2.75) is 32.0 Å². The van der Waals surface area contributed by atoms with E-state index in [-0.39, 0.29) is 23.3 Å². The number of likely N-dealkylation sites (tertiary alicyclic amines) is 1. The summed E-state index contributed by atoms with van der Waals surface area (Å²) in [4.78, 5) is 40.1. The Morgan fingerprint density at radius 3 is 2.67 bits per heavy atom. The molecule has 1 atom stereocenters. The summed E-state index contributed by atoms with van der Waals surface area (Å²) in [5.74, 6) is 0.104. The van der Waals surface area contributed by atoms with Crippen LogP contribution in [0.2, 0.25) is 0 Å². The summed E-state index contributed by atoms with van der Waals surface area (Å²) >= 11 is 0. The molecule has 1 saturated heterocycles. The molecule has 40 heavy (non-hydrogen) atoms. The van der Waals surface area contributed by atoms with Gasteiger partial charge in [0.25, 0.3) is 5.91 Å². The number of carbonyl (C=O) groups excluding carboxylic acids is 2. The van der Waals surface area contributed by atoms with Crippen LogP contribution in [0, 0.1) is 0 Å². The summed E-state index contributed by atoms with van der Waals surface area (Å²) in [7, 11) is 0. The summed E-state index contributed by atoms with van der Waals surface area (Å²) in [6, 6.07) is 7.79. The van der Waals surface area contributed by atoms with Crippen molar-refractivity contribution in [1.29, 1.82) is 0 Å². The Morgan fingerprint density at radius 1 is 1.20 bits per heavy atom. The normalized spacial score (nSPS) is 15.3. The number of imidazole rings is 1. The molecule has 1 aliphatic heterocycles. The first-order valence-corrected chi connectivity index (χ1v) is 12.6. The second kappa shape index (κ2) is 10.8. The maximum atomic E-state index is 13.0. The van der Waals surface area contributed by atoms with E-state index in [4.69, 9.17) is 9.72 Å². The van der Waals surface area contributed by atoms with Crippen molar-refractivity contribution in [3.05, 3.63) is 84.6 Å². The Kier molecular flexibility index (Phi) is 7.24. The van der Waals surface area contributed by atoms with Gasteiger partial charge in [-0.15, -0.1) is 0 Å². The lowest BCUT2D eigenvalue weighted by Crippen LogP contribution is -2.30. The van der Waals surface area contributed by atoms with Crippen LogP contribution < -0.4 is 10.1 Å². The lowest BCUT2D eigenvalue weighted by atomic mass is 10.1. The summed E-state index contributed by atoms with van der Waals surface area (Å²) < 4.78 is 46.7. The third kappa shape index (κ3) is 5.12. The highest BCUT2D eigenvalue weighted by Crippen LogP contribution is 2.37. The van der Waals surface area contributed by atoms with Gasteiger partial charge in [0.15, 0.2) is 0 Å². The van der Waals surface area contributed by atoms with Crippen molar-refractivity contribution >= 4 is 23.1 Å². The van der Waals surface area contributed by atoms with Gasteiger partial charge in [-0.25, -0.2) is 9.97 Å². The van der Waals surface area contributed by atoms with Crippen molar-refractivity contribution in [1.82, 2.24) is 24.3 Å². The van der Waals surface area contributed by atoms with Crippen molar-refractivity contribution in [2.75, 3.05) is 18.5 Å². The fourth-order valence-electron chi connectivity index (χ4n) is 4.78. The number of nitrogens with one attached hydrogen (secondary N) is 1. The monoisotopic (exact) mass is 550 g/mol. The highest BCUT2D eigenvalue weighted by atomic mass is 19.4. The van der Waals surface area contributed by atoms with E-state index >= 15 is 0 Å². The Labute approximate surface area is 227 Å². The molecule has 4 heterocycles. The van der Waals surface area contributed by atoms with Crippen molar-refractivity contribution in [2.24, 2.45) is 0 Å². The molecule has 0 aliphatic carbocycles. The summed E-state index contributed by atoms with van der Waals surface area (Å²) in [5, 5.41) is 2.40. The minimum atomic E-state index is -4.55. The van der Waals surface area contributed by atoms with Crippen LogP contribution in [0.5, 0.6) is 5.88 Å². The predicted molar refractivity (Wildman–Crippen MR) is 141 cm³/mol. The molecule has 1 fully saturated rings. The van der Waals surface area contributed by atoms with Crippen molar-refractivity contribution in [3.8, 4) is 17.1 Å². The number of carbonyl (C=O) groups is 2. The first-order valence-electron chi connectivity index (χ1n) is 12.6. The van der Waals surface area contributed by atoms with Crippen molar-refractivity contribution in [3.63, 3.8) is 0 Å². The van der Waals surface area contributed by atoms with E-state index in [2.05, 4.69) is 21.9 Å². The van der Waals surface area contributed by atoms with E-state index in [1.165, 1.54) is 6.08 Å². The number of nitrogens with zero attached hydrogens (tertiary/aromatic N) is 5. The standard InChI is InChI=1S/C28H25F3N6O3/c1-3-23(38)36-13-5-6-20(36)26-35-25(21-15-32-16-24(37(21)26)40-4-2)17-7-9-18(10-8-17)27(39)34-22-14-19(11-12-33-22)28(29,30)31/h3,7-12,14-16,20H,1,4-6,13H2,2H3,(H,33,34,39). The van der Waals surface area contributed by atoms with E-state index in [0.717, 1.165) is 24.8 Å². The quantitative estimate of drug-likeness (QED) is 0.313. The Bertz CT molecular complexity index is 1580. The third-order valence-corrected chi connectivity index (χ3v) is 6.59. The van der Waals surface area contributed by atoms with Gasteiger partial charge in [-0.3, -0.25) is 19.0 Å². The highest BCUT2D eigenvalue weighted by Gasteiger charge is 2.34. The van der Waals surface area contributed by atoms with Crippen LogP contribution in [-0.4, -0.2) is 49.2 Å². The molecule has 2 amide bonds. The van der Waals surface area contributed by atoms with E-state index < -0.39 is 17.6 Å². The largest absolute Gasteiger partial charge is 0.478 e. The average Bonchev–Trinajstić information content (AvgIpc) is 3.58. The highest BCUT2D eigenvalue weighted by molar-refractivity contribution is 6.04. The Hall–Kier alpha value is -4.74. The first kappa shape index (κ1) is 26.9. The zero-order valence-corrected chi connectivity index (χ0v) is 21.5. The second-order valence-corrected chi connectivity index (χ2v) is 9.07. The number of ether oxygens (including phenoxy) is 1. The van der Waals surface area contributed by atoms with Gasteiger partial charge in [-0.1, -0.05) is 18.7 Å². The third-order valence-electron chi connectivity index (χ3n) is 6.59. The number of alkyl halides is 3. The summed E-state index contributed by atoms with van der Waals surface area (Å²) in [5.41, 5.74) is 1.22. The van der Waals surface area contributed by atoms with Gasteiger partial charge in [-0.2, -0.15) is 13.2 Å². The van der Waals surface area contributed by atoms with Gasteiger partial charge < -0.3 is 15.0 Å². The maximum Gasteiger partial charge on any atom is 0.416 e. The Balaban J connectivity index is 1.48. The lowest BCUT2D eigenvalue weighted by Gasteiger charge is -2.23. The number of fused-ring (bicyclic) bond motifs is 1. The van der Waals surface area contributed by atoms with Crippen LogP contribution >= 0.6 is 0 Å². The molecule has 5 rings (SSSR count). The summed E-state index contributed by atoms with van der Waals surface area (Å²) in [6.45, 7) is 6.46. The summed E-state index contributed by atoms with van der Waals surface area (Å²) in [6.07, 6.45) is 2.50. The molecule has 9 nitrogen and oxygen atoms in total. The van der Waals surface area contributed by atoms with Gasteiger partial charge in [0.1, 0.15) is 11.6 Å². The number of amides is 2. The zero-order valence-electron chi connectivity index (χ0n) is 21.5. The molecule has 1 aromatic carbocycles. The van der Waals surface area contributed by atoms with E-state index in [1.54, 1.807) is 41.6 Å². The number of anilines is 1. The first-order chi connectivity index (χ1) is 19.2. The molecule has 1 N–H and O–H groups in total. The van der Waals surface area contributed by atoms with Crippen LogP contribution in [0.4, 0.5) is 19.0 Å². The number of benzene rings is 1. The molecular formula is C28H25F3N6O3. The minimum absolute atomic E-state index is 0.182. The van der Waals surface area contributed by atoms with E-state index in [1.807, 2.05) is 11.3 Å². The minimum Gasteiger partial charge on any atom is -0.478 e. The average molecular weight is 551 g/mol. The maximum absolute atomic E-state index is 13.0. The van der Waals surface area contributed by atoms with E-state index in [0.29, 0.717) is 48.1 Å². The molecule has 4 aromatic rings. The molecule has 12 heteroatoms. The fourth-order valence-corrected chi connectivity index (χ4v) is 4.78. The molecule has 1 aliphatic rings. The van der Waals surface area contributed by atoms with Crippen LogP contribution in [0.15, 0.2) is 67.6 Å². The van der Waals surface area contributed by atoms with Gasteiger partial charge in [0.05, 0.1) is 41.8 Å². The molecule has 1 unspecified atom stereocenters. The van der Waals surface area contributed by atoms with Gasteiger partial charge >= 0.3 is 6.18 Å². The zero-order chi connectivity index (χ0) is 28.4. The molecule has 206 valence electrons. The fraction of sp³-hybridized carbons (Fsp3) is 0.250. The second-order valence-electron chi connectivity index (χ2n) is 9.07. The molecular weight excluding hydrogens is 525 g/mol. The van der Waals surface area contributed by atoms with Crippen molar-refractivity contribution < 1.29 is 27.5 Å². The predicted octanol–water partition coefficient (Wildman–Crippen LogP) is 5.31. The Morgan fingerprint density at radius 2 is 1.98 bits per heavy atom. The lowest BCUT2D eigenvalue weighted by molar-refractivity contribution is -0.137. The molecule has 0 saturated carbocycles. The number of hydrogen-bond donors (Lipinski definition) is 1. The van der Waals surface area contributed by atoms with Gasteiger partial charge in [0, 0.05) is 23.9 Å². The smallest absolute Gasteiger partial charge is 0.416 e. The van der Waals surface area contributed by atoms with Crippen LogP contribution in [0.3, 0.4) is 0 Å². The SMILES string of the molecule is C=CC(=O)N1CCCC1c1nc(-c2ccc(C(=O)Nc3cc(C(F)(F)F)ccn3)cc2)c2cncc(OCC)n12.